The number of sulfonamides is 1. The van der Waals surface area contributed by atoms with Crippen molar-refractivity contribution < 1.29 is 8.42 Å². The molecule has 5 N–H and O–H groups in total. The maximum atomic E-state index is 10.8. The minimum atomic E-state index is -3.84. The molecule has 0 radical (unpaired) electrons. The van der Waals surface area contributed by atoms with Gasteiger partial charge < -0.3 is 5.32 Å². The van der Waals surface area contributed by atoms with E-state index in [0.29, 0.717) is 0 Å². The predicted molar refractivity (Wildman–Crippen MR) is 44.7 cm³/mol. The first-order valence-corrected chi connectivity index (χ1v) is 5.28. The summed E-state index contributed by atoms with van der Waals surface area (Å²) in [6.45, 7) is 0. The number of primary sulfonamides is 1. The molecular formula is C3H6ClN3O2S2. The molecule has 0 bridgehead atoms. The Bertz CT molecular complexity index is 300. The zero-order valence-corrected chi connectivity index (χ0v) is 7.63. The largest absolute Gasteiger partial charge is 0.335 e. The number of rotatable bonds is 1. The topological polar surface area (TPSA) is 98.2 Å². The van der Waals surface area contributed by atoms with E-state index in [-0.39, 0.29) is 5.16 Å². The summed E-state index contributed by atoms with van der Waals surface area (Å²) in [6, 6.07) is 0. The highest BCUT2D eigenvalue weighted by Crippen LogP contribution is 2.31. The molecule has 0 aromatic carbocycles. The molecule has 0 saturated heterocycles. The van der Waals surface area contributed by atoms with E-state index in [1.54, 1.807) is 0 Å². The van der Waals surface area contributed by atoms with Gasteiger partial charge in [-0.15, -0.1) is 0 Å². The Hall–Kier alpha value is 0.0500. The van der Waals surface area contributed by atoms with E-state index in [9.17, 15) is 8.42 Å². The van der Waals surface area contributed by atoms with Gasteiger partial charge >= 0.3 is 0 Å². The summed E-state index contributed by atoms with van der Waals surface area (Å²) in [5.74, 6) is 0. The molecule has 1 aliphatic heterocycles. The molecule has 1 unspecified atom stereocenters. The molecule has 0 aliphatic carbocycles. The maximum Gasteiger partial charge on any atom is 0.258 e. The number of thioether (sulfide) groups is 1. The van der Waals surface area contributed by atoms with Crippen LogP contribution in [-0.2, 0) is 10.0 Å². The molecule has 11 heavy (non-hydrogen) atoms. The van der Waals surface area contributed by atoms with Crippen LogP contribution in [0.2, 0.25) is 0 Å². The van der Waals surface area contributed by atoms with Gasteiger partial charge in [-0.25, -0.2) is 13.6 Å². The van der Waals surface area contributed by atoms with Gasteiger partial charge in [-0.3, -0.25) is 5.73 Å². The number of hydrogen-bond acceptors (Lipinski definition) is 5. The van der Waals surface area contributed by atoms with Gasteiger partial charge in [-0.1, -0.05) is 23.4 Å². The fourth-order valence-electron chi connectivity index (χ4n) is 0.503. The van der Waals surface area contributed by atoms with Crippen LogP contribution in [0.15, 0.2) is 10.6 Å². The van der Waals surface area contributed by atoms with Crippen molar-refractivity contribution in [3.05, 3.63) is 10.6 Å². The lowest BCUT2D eigenvalue weighted by Gasteiger charge is -2.20. The number of halogens is 1. The minimum Gasteiger partial charge on any atom is -0.335 e. The third-order valence-corrected chi connectivity index (χ3v) is 4.13. The van der Waals surface area contributed by atoms with Crippen molar-refractivity contribution in [1.29, 1.82) is 0 Å². The SMILES string of the molecule is NC1(S(N)(=O)=O)NC(Cl)=CS1. The van der Waals surface area contributed by atoms with E-state index < -0.39 is 14.4 Å². The van der Waals surface area contributed by atoms with Crippen molar-refractivity contribution in [2.45, 2.75) is 4.33 Å². The predicted octanol–water partition coefficient (Wildman–Crippen LogP) is -0.781. The van der Waals surface area contributed by atoms with Gasteiger partial charge in [0.2, 0.25) is 0 Å². The smallest absolute Gasteiger partial charge is 0.258 e. The lowest BCUT2D eigenvalue weighted by molar-refractivity contribution is 0.563. The van der Waals surface area contributed by atoms with Crippen LogP contribution < -0.4 is 16.2 Å². The fourth-order valence-corrected chi connectivity index (χ4v) is 2.34. The van der Waals surface area contributed by atoms with E-state index in [2.05, 4.69) is 5.32 Å². The summed E-state index contributed by atoms with van der Waals surface area (Å²) in [4.78, 5) is 0. The zero-order chi connectivity index (χ0) is 8.70. The lowest BCUT2D eigenvalue weighted by Crippen LogP contribution is -2.56. The molecule has 0 fully saturated rings. The minimum absolute atomic E-state index is 0.173. The Labute approximate surface area is 73.2 Å². The molecule has 64 valence electrons. The van der Waals surface area contributed by atoms with Crippen LogP contribution in [0.3, 0.4) is 0 Å². The van der Waals surface area contributed by atoms with Crippen molar-refractivity contribution in [2.24, 2.45) is 10.9 Å². The molecule has 5 nitrogen and oxygen atoms in total. The van der Waals surface area contributed by atoms with Gasteiger partial charge in [0, 0.05) is 5.41 Å². The summed E-state index contributed by atoms with van der Waals surface area (Å²) in [6.07, 6.45) is 0. The van der Waals surface area contributed by atoms with Gasteiger partial charge in [-0.05, 0) is 0 Å². The quantitative estimate of drug-likeness (QED) is 0.499. The van der Waals surface area contributed by atoms with E-state index >= 15 is 0 Å². The number of hydrogen-bond donors (Lipinski definition) is 3. The molecule has 0 aromatic rings. The van der Waals surface area contributed by atoms with Crippen LogP contribution in [0.4, 0.5) is 0 Å². The van der Waals surface area contributed by atoms with Crippen molar-refractivity contribution >= 4 is 33.4 Å². The number of nitrogens with one attached hydrogen (secondary N) is 1. The van der Waals surface area contributed by atoms with E-state index in [1.165, 1.54) is 5.41 Å². The average Bonchev–Trinajstić information content (AvgIpc) is 2.10. The summed E-state index contributed by atoms with van der Waals surface area (Å²) in [7, 11) is -3.84. The monoisotopic (exact) mass is 215 g/mol. The van der Waals surface area contributed by atoms with Crippen molar-refractivity contribution in [1.82, 2.24) is 5.32 Å². The molecule has 0 amide bonds. The molecule has 1 rings (SSSR count). The van der Waals surface area contributed by atoms with Crippen LogP contribution in [-0.4, -0.2) is 12.7 Å². The number of nitrogens with two attached hydrogens (primary N) is 2. The average molecular weight is 216 g/mol. The third-order valence-electron chi connectivity index (χ3n) is 1.05. The Morgan fingerprint density at radius 2 is 2.27 bits per heavy atom. The fraction of sp³-hybridized carbons (Fsp3) is 0.333. The molecule has 0 aromatic heterocycles. The van der Waals surface area contributed by atoms with Crippen LogP contribution >= 0.6 is 23.4 Å². The van der Waals surface area contributed by atoms with Gasteiger partial charge in [-0.2, -0.15) is 0 Å². The van der Waals surface area contributed by atoms with E-state index in [0.717, 1.165) is 11.8 Å². The lowest BCUT2D eigenvalue weighted by atomic mass is 10.9. The normalized spacial score (nSPS) is 31.4. The standard InChI is InChI=1S/C3H6ClN3O2S2/c4-2-1-10-3(5,7-2)11(6,8)9/h1,7H,5H2,(H2,6,8,9). The van der Waals surface area contributed by atoms with Gasteiger partial charge in [0.15, 0.2) is 0 Å². The van der Waals surface area contributed by atoms with Crippen LogP contribution in [0.25, 0.3) is 0 Å². The molecule has 1 atom stereocenters. The molecule has 8 heteroatoms. The highest BCUT2D eigenvalue weighted by molar-refractivity contribution is 8.15. The van der Waals surface area contributed by atoms with Crippen LogP contribution in [0, 0.1) is 0 Å². The second-order valence-electron chi connectivity index (χ2n) is 1.92. The van der Waals surface area contributed by atoms with Crippen LogP contribution in [0.5, 0.6) is 0 Å². The summed E-state index contributed by atoms with van der Waals surface area (Å²) in [5, 5.41) is 8.69. The van der Waals surface area contributed by atoms with Gasteiger partial charge in [0.25, 0.3) is 14.4 Å². The third kappa shape index (κ3) is 1.62. The first-order valence-electron chi connectivity index (χ1n) is 2.48. The van der Waals surface area contributed by atoms with Gasteiger partial charge in [0.05, 0.1) is 0 Å². The molecular weight excluding hydrogens is 210 g/mol. The zero-order valence-electron chi connectivity index (χ0n) is 5.24. The van der Waals surface area contributed by atoms with E-state index in [1.807, 2.05) is 0 Å². The van der Waals surface area contributed by atoms with Crippen molar-refractivity contribution in [3.63, 3.8) is 0 Å². The Morgan fingerprint density at radius 3 is 2.45 bits per heavy atom. The van der Waals surface area contributed by atoms with Crippen molar-refractivity contribution in [2.75, 3.05) is 0 Å². The van der Waals surface area contributed by atoms with Crippen LogP contribution in [0.1, 0.15) is 0 Å². The van der Waals surface area contributed by atoms with Gasteiger partial charge in [0.1, 0.15) is 5.16 Å². The Kier molecular flexibility index (Phi) is 2.10. The highest BCUT2D eigenvalue weighted by atomic mass is 35.5. The first kappa shape index (κ1) is 9.14. The molecule has 0 saturated carbocycles. The molecule has 1 aliphatic rings. The Morgan fingerprint density at radius 1 is 1.73 bits per heavy atom. The van der Waals surface area contributed by atoms with E-state index in [4.69, 9.17) is 22.5 Å². The second-order valence-corrected chi connectivity index (χ2v) is 5.44. The highest BCUT2D eigenvalue weighted by Gasteiger charge is 2.41. The first-order chi connectivity index (χ1) is 4.85. The summed E-state index contributed by atoms with van der Waals surface area (Å²) < 4.78 is 19.9. The molecule has 0 spiro atoms. The maximum absolute atomic E-state index is 10.8. The summed E-state index contributed by atoms with van der Waals surface area (Å²) in [5.41, 5.74) is 5.33. The molecule has 1 heterocycles. The van der Waals surface area contributed by atoms with Crippen molar-refractivity contribution in [3.8, 4) is 0 Å². The summed E-state index contributed by atoms with van der Waals surface area (Å²) >= 11 is 6.25. The Balaban J connectivity index is 2.92. The second kappa shape index (κ2) is 2.53.